The second kappa shape index (κ2) is 10.8. The van der Waals surface area contributed by atoms with Gasteiger partial charge in [-0.1, -0.05) is 0 Å². The minimum absolute atomic E-state index is 0. The molecule has 0 aliphatic rings. The minimum atomic E-state index is -1.00. The van der Waals surface area contributed by atoms with Gasteiger partial charge < -0.3 is 32.4 Å². The first-order valence-electron chi connectivity index (χ1n) is 4.09. The maximum absolute atomic E-state index is 10.2. The Labute approximate surface area is 88.1 Å². The Bertz CT molecular complexity index is 198. The third kappa shape index (κ3) is 15.4. The smallest absolute Gasteiger partial charge is 0.480 e. The van der Waals surface area contributed by atoms with Crippen LogP contribution in [0.2, 0.25) is 0 Å². The Hall–Kier alpha value is -1.32. The lowest BCUT2D eigenvalue weighted by Crippen LogP contribution is -2.30. The van der Waals surface area contributed by atoms with Gasteiger partial charge in [-0.15, -0.1) is 0 Å². The van der Waals surface area contributed by atoms with Crippen molar-refractivity contribution in [1.29, 1.82) is 0 Å². The Kier molecular flexibility index (Phi) is 11.6. The molecule has 9 N–H and O–H groups in total. The summed E-state index contributed by atoms with van der Waals surface area (Å²) >= 11 is 0. The number of hydrogen-bond acceptors (Lipinski definition) is 5. The number of nitrogens with zero attached hydrogens (tertiary/aromatic N) is 1. The van der Waals surface area contributed by atoms with Crippen molar-refractivity contribution in [3.63, 3.8) is 0 Å². The highest BCUT2D eigenvalue weighted by Gasteiger charge is 2.09. The number of rotatable bonds is 5. The zero-order valence-corrected chi connectivity index (χ0v) is 8.21. The number of carbonyl (C=O) groups is 1. The van der Waals surface area contributed by atoms with E-state index in [1.807, 2.05) is 0 Å². The fraction of sp³-hybridized carbons (Fsp3) is 0.667. The summed E-state index contributed by atoms with van der Waals surface area (Å²) in [4.78, 5) is 13.9. The van der Waals surface area contributed by atoms with E-state index in [-0.39, 0.29) is 13.6 Å². The van der Waals surface area contributed by atoms with Crippen LogP contribution < -0.4 is 17.2 Å². The standard InChI is InChI=1S/C6H14N4O2.BH2O2/c7-4(5(11)12)2-1-3-10-6(8)9;2-1-3/h4H,1-3,7H2,(H,11,12)(H4,8,9,10);2-3H/t4-;/m0./s1. The highest BCUT2D eigenvalue weighted by molar-refractivity contribution is 6.13. The number of carboxylic acids is 1. The van der Waals surface area contributed by atoms with Crippen LogP contribution in [-0.2, 0) is 4.79 Å². The SMILES string of the molecule is NC(N)=NCCC[C@H](N)C(=O)O.O[B]O. The fourth-order valence-electron chi connectivity index (χ4n) is 0.643. The Morgan fingerprint density at radius 3 is 2.20 bits per heavy atom. The van der Waals surface area contributed by atoms with E-state index in [4.69, 9.17) is 32.4 Å². The number of guanidine groups is 1. The van der Waals surface area contributed by atoms with Crippen molar-refractivity contribution in [3.8, 4) is 0 Å². The first kappa shape index (κ1) is 16.1. The van der Waals surface area contributed by atoms with E-state index >= 15 is 0 Å². The van der Waals surface area contributed by atoms with Crippen LogP contribution in [0.4, 0.5) is 0 Å². The van der Waals surface area contributed by atoms with Gasteiger partial charge in [0, 0.05) is 6.54 Å². The van der Waals surface area contributed by atoms with Crippen LogP contribution in [0.15, 0.2) is 4.99 Å². The third-order valence-electron chi connectivity index (χ3n) is 1.28. The summed E-state index contributed by atoms with van der Waals surface area (Å²) in [5.74, 6) is -0.987. The van der Waals surface area contributed by atoms with E-state index in [9.17, 15) is 4.79 Å². The lowest BCUT2D eigenvalue weighted by molar-refractivity contribution is -0.138. The lowest BCUT2D eigenvalue weighted by atomic mass is 10.2. The van der Waals surface area contributed by atoms with Gasteiger partial charge in [-0.3, -0.25) is 9.79 Å². The zero-order valence-electron chi connectivity index (χ0n) is 8.21. The largest absolute Gasteiger partial charge is 0.482 e. The quantitative estimate of drug-likeness (QED) is 0.123. The molecule has 0 bridgehead atoms. The highest BCUT2D eigenvalue weighted by atomic mass is 16.4. The number of aliphatic imine (C=N–C) groups is 1. The second-order valence-corrected chi connectivity index (χ2v) is 2.51. The maximum Gasteiger partial charge on any atom is 0.482 e. The van der Waals surface area contributed by atoms with Crippen LogP contribution >= 0.6 is 0 Å². The second-order valence-electron chi connectivity index (χ2n) is 2.51. The molecule has 0 aromatic carbocycles. The molecule has 9 heteroatoms. The Morgan fingerprint density at radius 1 is 1.40 bits per heavy atom. The Balaban J connectivity index is 0. The summed E-state index contributed by atoms with van der Waals surface area (Å²) in [5, 5.41) is 22.4. The average Bonchev–Trinajstić information content (AvgIpc) is 2.12. The van der Waals surface area contributed by atoms with E-state index < -0.39 is 12.0 Å². The summed E-state index contributed by atoms with van der Waals surface area (Å²) in [7, 11) is 0. The molecular weight excluding hydrogens is 203 g/mol. The number of aliphatic carboxylic acids is 1. The van der Waals surface area contributed by atoms with Gasteiger partial charge in [-0.05, 0) is 12.8 Å². The summed E-state index contributed by atoms with van der Waals surface area (Å²) in [6.07, 6.45) is 0.956. The molecule has 0 saturated heterocycles. The fourth-order valence-corrected chi connectivity index (χ4v) is 0.643. The van der Waals surface area contributed by atoms with Gasteiger partial charge in [0.25, 0.3) is 0 Å². The average molecular weight is 219 g/mol. The molecule has 0 unspecified atom stereocenters. The number of carboxylic acid groups (broad SMARTS) is 1. The number of nitrogens with two attached hydrogens (primary N) is 3. The molecular formula is C6H16BN4O4. The predicted octanol–water partition coefficient (Wildman–Crippen LogP) is -3.04. The monoisotopic (exact) mass is 219 g/mol. The molecule has 0 amide bonds. The molecule has 1 radical (unpaired) electrons. The van der Waals surface area contributed by atoms with Gasteiger partial charge in [-0.2, -0.15) is 0 Å². The predicted molar refractivity (Wildman–Crippen MR) is 55.7 cm³/mol. The van der Waals surface area contributed by atoms with Crippen molar-refractivity contribution in [3.05, 3.63) is 0 Å². The normalized spacial score (nSPS) is 10.6. The maximum atomic E-state index is 10.2. The van der Waals surface area contributed by atoms with Crippen molar-refractivity contribution in [2.24, 2.45) is 22.2 Å². The minimum Gasteiger partial charge on any atom is -0.480 e. The molecule has 0 aliphatic carbocycles. The van der Waals surface area contributed by atoms with Crippen molar-refractivity contribution in [2.75, 3.05) is 6.54 Å². The molecule has 87 valence electrons. The molecule has 0 aromatic heterocycles. The third-order valence-corrected chi connectivity index (χ3v) is 1.28. The molecule has 8 nitrogen and oxygen atoms in total. The highest BCUT2D eigenvalue weighted by Crippen LogP contribution is 1.94. The van der Waals surface area contributed by atoms with Crippen molar-refractivity contribution < 1.29 is 19.9 Å². The van der Waals surface area contributed by atoms with E-state index in [0.29, 0.717) is 19.4 Å². The van der Waals surface area contributed by atoms with E-state index in [2.05, 4.69) is 4.99 Å². The zero-order chi connectivity index (χ0) is 12.3. The van der Waals surface area contributed by atoms with E-state index in [1.54, 1.807) is 0 Å². The Morgan fingerprint density at radius 2 is 1.87 bits per heavy atom. The molecule has 0 saturated carbocycles. The first-order valence-corrected chi connectivity index (χ1v) is 4.09. The molecule has 0 heterocycles. The number of hydrogen-bond donors (Lipinski definition) is 6. The van der Waals surface area contributed by atoms with Crippen molar-refractivity contribution in [2.45, 2.75) is 18.9 Å². The van der Waals surface area contributed by atoms with Gasteiger partial charge in [0.1, 0.15) is 6.04 Å². The van der Waals surface area contributed by atoms with E-state index in [0.717, 1.165) is 0 Å². The molecule has 0 rings (SSSR count). The topological polar surface area (TPSA) is 168 Å². The summed E-state index contributed by atoms with van der Waals surface area (Å²) in [5.41, 5.74) is 15.3. The van der Waals surface area contributed by atoms with Crippen LogP contribution in [0, 0.1) is 0 Å². The van der Waals surface area contributed by atoms with Crippen LogP contribution in [0.1, 0.15) is 12.8 Å². The van der Waals surface area contributed by atoms with Crippen LogP contribution in [-0.4, -0.2) is 47.4 Å². The molecule has 1 atom stereocenters. The summed E-state index contributed by atoms with van der Waals surface area (Å²) in [6.45, 7) is 0.420. The van der Waals surface area contributed by atoms with E-state index in [1.165, 1.54) is 0 Å². The van der Waals surface area contributed by atoms with Crippen molar-refractivity contribution in [1.82, 2.24) is 0 Å². The van der Waals surface area contributed by atoms with Crippen molar-refractivity contribution >= 4 is 19.6 Å². The van der Waals surface area contributed by atoms with Gasteiger partial charge in [-0.25, -0.2) is 0 Å². The molecule has 0 spiro atoms. The molecule has 15 heavy (non-hydrogen) atoms. The van der Waals surface area contributed by atoms with Gasteiger partial charge in [0.05, 0.1) is 0 Å². The lowest BCUT2D eigenvalue weighted by Gasteiger charge is -2.03. The summed E-state index contributed by atoms with van der Waals surface area (Å²) < 4.78 is 0. The molecule has 0 aliphatic heterocycles. The van der Waals surface area contributed by atoms with Crippen LogP contribution in [0.5, 0.6) is 0 Å². The molecule has 0 aromatic rings. The molecule has 0 fully saturated rings. The van der Waals surface area contributed by atoms with Gasteiger partial charge in [0.15, 0.2) is 5.96 Å². The van der Waals surface area contributed by atoms with Crippen LogP contribution in [0.3, 0.4) is 0 Å². The summed E-state index contributed by atoms with van der Waals surface area (Å²) in [6, 6.07) is -0.820. The van der Waals surface area contributed by atoms with Gasteiger partial charge in [0.2, 0.25) is 0 Å². The van der Waals surface area contributed by atoms with Gasteiger partial charge >= 0.3 is 13.7 Å². The first-order chi connectivity index (χ1) is 6.95. The van der Waals surface area contributed by atoms with Crippen LogP contribution in [0.25, 0.3) is 0 Å².